The number of piperidine rings is 1. The molecule has 2 saturated heterocycles. The lowest BCUT2D eigenvalue weighted by Crippen LogP contribution is -2.36. The maximum absolute atomic E-state index is 5.00. The van der Waals surface area contributed by atoms with Crippen molar-refractivity contribution in [3.05, 3.63) is 16.4 Å². The molecule has 18 heavy (non-hydrogen) atoms. The molecule has 4 bridgehead atoms. The molecule has 5 nitrogen and oxygen atoms in total. The molecule has 2 fully saturated rings. The lowest BCUT2D eigenvalue weighted by molar-refractivity contribution is 0.321. The van der Waals surface area contributed by atoms with Crippen LogP contribution < -0.4 is 10.6 Å². The second-order valence-electron chi connectivity index (χ2n) is 5.09. The van der Waals surface area contributed by atoms with E-state index in [0.717, 1.165) is 31.0 Å². The molecule has 3 aliphatic rings. The minimum Gasteiger partial charge on any atom is -0.330 e. The summed E-state index contributed by atoms with van der Waals surface area (Å²) in [6.07, 6.45) is 5.05. The van der Waals surface area contributed by atoms with E-state index >= 15 is 0 Å². The number of hydrogen-bond acceptors (Lipinski definition) is 5. The highest BCUT2D eigenvalue weighted by Crippen LogP contribution is 2.34. The largest absolute Gasteiger partial charge is 0.330 e. The van der Waals surface area contributed by atoms with Crippen molar-refractivity contribution in [2.24, 2.45) is 0 Å². The zero-order chi connectivity index (χ0) is 12.4. The fraction of sp³-hybridized carbons (Fsp3) is 0.750. The van der Waals surface area contributed by atoms with Crippen molar-refractivity contribution in [3.63, 3.8) is 0 Å². The zero-order valence-corrected chi connectivity index (χ0v) is 11.2. The van der Waals surface area contributed by atoms with Crippen LogP contribution in [0.3, 0.4) is 0 Å². The van der Waals surface area contributed by atoms with Crippen molar-refractivity contribution in [2.45, 2.75) is 37.6 Å². The highest BCUT2D eigenvalue weighted by Gasteiger charge is 2.31. The Kier molecular flexibility index (Phi) is 3.67. The Bertz CT molecular complexity index is 429. The molecule has 0 aliphatic carbocycles. The Morgan fingerprint density at radius 3 is 2.56 bits per heavy atom. The van der Waals surface area contributed by atoms with E-state index in [-0.39, 0.29) is 0 Å². The van der Waals surface area contributed by atoms with Crippen LogP contribution in [0.2, 0.25) is 0 Å². The third-order valence-electron chi connectivity index (χ3n) is 3.77. The van der Waals surface area contributed by atoms with E-state index in [1.165, 1.54) is 25.9 Å². The first-order valence-corrected chi connectivity index (χ1v) is 7.16. The molecule has 4 heterocycles. The maximum atomic E-state index is 5.00. The summed E-state index contributed by atoms with van der Waals surface area (Å²) < 4.78 is 0.474. The van der Waals surface area contributed by atoms with Gasteiger partial charge in [0.05, 0.1) is 6.04 Å². The van der Waals surface area contributed by atoms with Crippen LogP contribution in [0.4, 0.5) is 0 Å². The molecule has 2 unspecified atom stereocenters. The van der Waals surface area contributed by atoms with Gasteiger partial charge in [0.15, 0.2) is 0 Å². The van der Waals surface area contributed by atoms with E-state index in [0.29, 0.717) is 16.7 Å². The van der Waals surface area contributed by atoms with E-state index in [9.17, 15) is 0 Å². The molecule has 6 heteroatoms. The average Bonchev–Trinajstić information content (AvgIpc) is 2.96. The van der Waals surface area contributed by atoms with Crippen molar-refractivity contribution in [1.82, 2.24) is 25.6 Å². The number of rotatable bonds is 0. The summed E-state index contributed by atoms with van der Waals surface area (Å²) in [7, 11) is 0. The first-order chi connectivity index (χ1) is 8.83. The molecule has 0 aromatic carbocycles. The number of fused-ring (bicyclic) bond motifs is 6. The third kappa shape index (κ3) is 2.60. The molecular formula is C12H19N5S. The lowest BCUT2D eigenvalue weighted by Gasteiger charge is -2.33. The van der Waals surface area contributed by atoms with Crippen LogP contribution in [-0.2, 0) is 0 Å². The normalized spacial score (nSPS) is 28.4. The van der Waals surface area contributed by atoms with Crippen LogP contribution in [0, 0.1) is 4.77 Å². The van der Waals surface area contributed by atoms with Gasteiger partial charge in [-0.15, -0.1) is 0 Å². The van der Waals surface area contributed by atoms with Gasteiger partial charge >= 0.3 is 0 Å². The summed E-state index contributed by atoms with van der Waals surface area (Å²) in [6, 6.07) is 0.371. The van der Waals surface area contributed by atoms with Crippen molar-refractivity contribution >= 4 is 12.2 Å². The van der Waals surface area contributed by atoms with E-state index in [2.05, 4.69) is 25.6 Å². The maximum Gasteiger partial charge on any atom is 0.222 e. The number of H-pyrrole nitrogens is 1. The molecule has 3 aliphatic heterocycles. The summed E-state index contributed by atoms with van der Waals surface area (Å²) >= 11 is 5.00. The summed E-state index contributed by atoms with van der Waals surface area (Å²) in [5, 5.41) is 6.64. The topological polar surface area (TPSA) is 65.6 Å². The summed E-state index contributed by atoms with van der Waals surface area (Å²) in [5.41, 5.74) is 0. The number of nitrogens with one attached hydrogen (secondary N) is 3. The fourth-order valence-electron chi connectivity index (χ4n) is 2.78. The van der Waals surface area contributed by atoms with E-state index in [1.54, 1.807) is 0 Å². The predicted molar refractivity (Wildman–Crippen MR) is 72.0 cm³/mol. The Hall–Kier alpha value is -0.850. The Labute approximate surface area is 112 Å². The molecule has 98 valence electrons. The molecular weight excluding hydrogens is 246 g/mol. The molecule has 1 aromatic heterocycles. The van der Waals surface area contributed by atoms with Gasteiger partial charge in [-0.2, -0.15) is 0 Å². The minimum atomic E-state index is 0.371. The Balaban J connectivity index is 0.000000169. The molecule has 2 atom stereocenters. The standard InChI is InChI=1S/C8H10N4S.C4H9N/c13-8-11-6-4-1-2-9-5(3-4)7(10-6)12-8;1-2-4-5-3-1/h4-5,9H,1-3H2,(H,10,11,12,13);5H,1-4H2. The number of aromatic amines is 1. The monoisotopic (exact) mass is 265 g/mol. The van der Waals surface area contributed by atoms with E-state index in [1.807, 2.05) is 0 Å². The molecule has 0 amide bonds. The molecule has 0 spiro atoms. The number of hydrogen-bond donors (Lipinski definition) is 3. The van der Waals surface area contributed by atoms with Crippen LogP contribution in [0.5, 0.6) is 0 Å². The Morgan fingerprint density at radius 1 is 1.06 bits per heavy atom. The van der Waals surface area contributed by atoms with Crippen molar-refractivity contribution < 1.29 is 0 Å². The Morgan fingerprint density at radius 2 is 1.83 bits per heavy atom. The fourth-order valence-corrected chi connectivity index (χ4v) is 2.97. The second kappa shape index (κ2) is 5.42. The van der Waals surface area contributed by atoms with Gasteiger partial charge < -0.3 is 15.6 Å². The third-order valence-corrected chi connectivity index (χ3v) is 3.95. The van der Waals surface area contributed by atoms with Gasteiger partial charge in [-0.25, -0.2) is 9.97 Å². The van der Waals surface area contributed by atoms with Crippen molar-refractivity contribution in [1.29, 1.82) is 0 Å². The number of aromatic nitrogens is 3. The summed E-state index contributed by atoms with van der Waals surface area (Å²) in [6.45, 7) is 3.56. The van der Waals surface area contributed by atoms with Gasteiger partial charge in [-0.05, 0) is 57.5 Å². The SMILES string of the molecule is C1CCNC1.S=c1nc2[nH]c(n1)C1CC2CCN1. The zero-order valence-electron chi connectivity index (χ0n) is 10.4. The highest BCUT2D eigenvalue weighted by atomic mass is 32.1. The van der Waals surface area contributed by atoms with Gasteiger partial charge in [0.2, 0.25) is 4.77 Å². The molecule has 1 aromatic rings. The number of nitrogens with zero attached hydrogens (tertiary/aromatic N) is 2. The summed E-state index contributed by atoms with van der Waals surface area (Å²) in [5.74, 6) is 2.56. The van der Waals surface area contributed by atoms with Gasteiger partial charge in [-0.1, -0.05) is 0 Å². The first-order valence-electron chi connectivity index (χ1n) is 6.75. The van der Waals surface area contributed by atoms with E-state index in [4.69, 9.17) is 12.2 Å². The van der Waals surface area contributed by atoms with Gasteiger partial charge in [-0.3, -0.25) is 0 Å². The van der Waals surface area contributed by atoms with E-state index < -0.39 is 0 Å². The van der Waals surface area contributed by atoms with Gasteiger partial charge in [0, 0.05) is 5.92 Å². The summed E-state index contributed by atoms with van der Waals surface area (Å²) in [4.78, 5) is 11.7. The highest BCUT2D eigenvalue weighted by molar-refractivity contribution is 7.71. The van der Waals surface area contributed by atoms with Gasteiger partial charge in [0.25, 0.3) is 0 Å². The van der Waals surface area contributed by atoms with Crippen LogP contribution >= 0.6 is 12.2 Å². The molecule has 3 N–H and O–H groups in total. The smallest absolute Gasteiger partial charge is 0.222 e. The van der Waals surface area contributed by atoms with Crippen LogP contribution in [-0.4, -0.2) is 34.6 Å². The quantitative estimate of drug-likeness (QED) is 0.619. The van der Waals surface area contributed by atoms with Crippen LogP contribution in [0.15, 0.2) is 0 Å². The van der Waals surface area contributed by atoms with Crippen molar-refractivity contribution in [3.8, 4) is 0 Å². The van der Waals surface area contributed by atoms with Gasteiger partial charge in [0.1, 0.15) is 11.6 Å². The lowest BCUT2D eigenvalue weighted by atomic mass is 9.89. The van der Waals surface area contributed by atoms with Crippen LogP contribution in [0.1, 0.15) is 49.3 Å². The second-order valence-corrected chi connectivity index (χ2v) is 5.45. The molecule has 0 saturated carbocycles. The molecule has 4 rings (SSSR count). The first kappa shape index (κ1) is 12.2. The average molecular weight is 265 g/mol. The minimum absolute atomic E-state index is 0.371. The molecule has 0 radical (unpaired) electrons. The predicted octanol–water partition coefficient (Wildman–Crippen LogP) is 1.43. The van der Waals surface area contributed by atoms with Crippen LogP contribution in [0.25, 0.3) is 0 Å². The van der Waals surface area contributed by atoms with Crippen molar-refractivity contribution in [2.75, 3.05) is 19.6 Å².